The molecule has 3 heterocycles. The second-order valence-corrected chi connectivity index (χ2v) is 7.02. The fourth-order valence-electron chi connectivity index (χ4n) is 4.20. The van der Waals surface area contributed by atoms with Crippen molar-refractivity contribution in [2.24, 2.45) is 0 Å². The number of nitrogens with zero attached hydrogens (tertiary/aromatic N) is 1. The molecule has 1 aliphatic heterocycles. The minimum absolute atomic E-state index is 0.154. The average molecular weight is 331 g/mol. The number of rotatable bonds is 3. The third-order valence-corrected chi connectivity index (χ3v) is 5.45. The van der Waals surface area contributed by atoms with Gasteiger partial charge in [0.1, 0.15) is 0 Å². The van der Waals surface area contributed by atoms with Crippen LogP contribution in [0, 0.1) is 0 Å². The molecule has 0 amide bonds. The maximum Gasteiger partial charge on any atom is 0.0748 e. The van der Waals surface area contributed by atoms with E-state index in [4.69, 9.17) is 0 Å². The third-order valence-electron chi connectivity index (χ3n) is 5.45. The predicted octanol–water partition coefficient (Wildman–Crippen LogP) is 3.61. The molecule has 126 valence electrons. The molecule has 2 atom stereocenters. The molecule has 4 nitrogen and oxygen atoms in total. The first kappa shape index (κ1) is 14.8. The molecule has 1 fully saturated rings. The van der Waals surface area contributed by atoms with Crippen LogP contribution in [0.3, 0.4) is 0 Å². The Kier molecular flexibility index (Phi) is 3.40. The summed E-state index contributed by atoms with van der Waals surface area (Å²) in [7, 11) is 0. The summed E-state index contributed by atoms with van der Waals surface area (Å²) in [6.45, 7) is 2.45. The molecule has 5 rings (SSSR count). The van der Waals surface area contributed by atoms with Crippen molar-refractivity contribution in [2.75, 3.05) is 13.1 Å². The molecule has 2 aromatic heterocycles. The predicted molar refractivity (Wildman–Crippen MR) is 101 cm³/mol. The number of aliphatic hydroxyl groups is 1. The number of likely N-dealkylation sites (tertiary alicyclic amines) is 1. The van der Waals surface area contributed by atoms with Crippen LogP contribution >= 0.6 is 0 Å². The molecular weight excluding hydrogens is 310 g/mol. The average Bonchev–Trinajstić information content (AvgIpc) is 3.33. The van der Waals surface area contributed by atoms with Gasteiger partial charge in [-0.3, -0.25) is 4.90 Å². The summed E-state index contributed by atoms with van der Waals surface area (Å²) in [4.78, 5) is 9.03. The van der Waals surface area contributed by atoms with E-state index >= 15 is 0 Å². The fourth-order valence-corrected chi connectivity index (χ4v) is 4.20. The maximum atomic E-state index is 10.7. The Morgan fingerprint density at radius 2 is 1.56 bits per heavy atom. The number of aromatic nitrogens is 2. The molecule has 3 N–H and O–H groups in total. The third kappa shape index (κ3) is 2.46. The van der Waals surface area contributed by atoms with E-state index in [0.29, 0.717) is 6.54 Å². The minimum Gasteiger partial charge on any atom is -0.391 e. The molecule has 1 aliphatic rings. The number of fused-ring (bicyclic) bond motifs is 2. The SMILES string of the molecule is O[C@@H]1CN(Cc2c[nH]c3ccccc23)C[C@H]1c1c[nH]c2ccccc12. The molecule has 2 aromatic carbocycles. The molecule has 4 heteroatoms. The molecule has 0 bridgehead atoms. The number of benzene rings is 2. The lowest BCUT2D eigenvalue weighted by molar-refractivity contribution is 0.163. The van der Waals surface area contributed by atoms with Crippen molar-refractivity contribution < 1.29 is 5.11 Å². The van der Waals surface area contributed by atoms with E-state index in [1.165, 1.54) is 27.4 Å². The molecule has 0 unspecified atom stereocenters. The summed E-state index contributed by atoms with van der Waals surface area (Å²) in [5.41, 5.74) is 4.83. The lowest BCUT2D eigenvalue weighted by Crippen LogP contribution is -2.21. The van der Waals surface area contributed by atoms with Crippen molar-refractivity contribution in [3.05, 3.63) is 72.1 Å². The summed E-state index contributed by atoms with van der Waals surface area (Å²) in [5.74, 6) is 0.154. The highest BCUT2D eigenvalue weighted by atomic mass is 16.3. The normalized spacial score (nSPS) is 21.5. The number of hydrogen-bond donors (Lipinski definition) is 3. The van der Waals surface area contributed by atoms with Crippen molar-refractivity contribution in [1.82, 2.24) is 14.9 Å². The van der Waals surface area contributed by atoms with Crippen molar-refractivity contribution >= 4 is 21.8 Å². The van der Waals surface area contributed by atoms with Gasteiger partial charge in [-0.05, 0) is 23.3 Å². The Bertz CT molecular complexity index is 1030. The maximum absolute atomic E-state index is 10.7. The van der Waals surface area contributed by atoms with Gasteiger partial charge < -0.3 is 15.1 Å². The van der Waals surface area contributed by atoms with E-state index in [9.17, 15) is 5.11 Å². The van der Waals surface area contributed by atoms with Gasteiger partial charge in [-0.25, -0.2) is 0 Å². The van der Waals surface area contributed by atoms with Crippen LogP contribution in [0.4, 0.5) is 0 Å². The topological polar surface area (TPSA) is 55.0 Å². The Labute approximate surface area is 146 Å². The first-order valence-corrected chi connectivity index (χ1v) is 8.81. The first-order valence-electron chi connectivity index (χ1n) is 8.81. The molecule has 0 aliphatic carbocycles. The van der Waals surface area contributed by atoms with Crippen LogP contribution in [-0.2, 0) is 6.54 Å². The zero-order chi connectivity index (χ0) is 16.8. The standard InChI is InChI=1S/C21H21N3O/c25-21-13-24(11-14-9-22-19-7-3-1-5-15(14)19)12-18(21)17-10-23-20-8-4-2-6-16(17)20/h1-10,18,21-23,25H,11-13H2/t18-,21+/m0/s1. The van der Waals surface area contributed by atoms with E-state index < -0.39 is 0 Å². The highest BCUT2D eigenvalue weighted by Gasteiger charge is 2.34. The molecular formula is C21H21N3O. The fraction of sp³-hybridized carbons (Fsp3) is 0.238. The molecule has 25 heavy (non-hydrogen) atoms. The second-order valence-electron chi connectivity index (χ2n) is 7.02. The quantitative estimate of drug-likeness (QED) is 0.537. The van der Waals surface area contributed by atoms with E-state index in [2.05, 4.69) is 69.7 Å². The zero-order valence-electron chi connectivity index (χ0n) is 13.9. The van der Waals surface area contributed by atoms with Gasteiger partial charge in [0.2, 0.25) is 0 Å². The highest BCUT2D eigenvalue weighted by Crippen LogP contribution is 2.34. The summed E-state index contributed by atoms with van der Waals surface area (Å²) < 4.78 is 0. The van der Waals surface area contributed by atoms with Gasteiger partial charge in [0.25, 0.3) is 0 Å². The first-order chi connectivity index (χ1) is 12.3. The van der Waals surface area contributed by atoms with Crippen molar-refractivity contribution in [1.29, 1.82) is 0 Å². The highest BCUT2D eigenvalue weighted by molar-refractivity contribution is 5.84. The Hall–Kier alpha value is -2.56. The molecule has 0 saturated carbocycles. The van der Waals surface area contributed by atoms with E-state index in [-0.39, 0.29) is 12.0 Å². The van der Waals surface area contributed by atoms with Crippen LogP contribution in [0.2, 0.25) is 0 Å². The lowest BCUT2D eigenvalue weighted by atomic mass is 9.96. The Morgan fingerprint density at radius 1 is 0.880 bits per heavy atom. The van der Waals surface area contributed by atoms with Gasteiger partial charge in [0, 0.05) is 59.8 Å². The number of nitrogens with one attached hydrogen (secondary N) is 2. The number of H-pyrrole nitrogens is 2. The number of aromatic amines is 2. The zero-order valence-corrected chi connectivity index (χ0v) is 13.9. The van der Waals surface area contributed by atoms with Crippen LogP contribution in [0.25, 0.3) is 21.8 Å². The van der Waals surface area contributed by atoms with Crippen LogP contribution < -0.4 is 0 Å². The largest absolute Gasteiger partial charge is 0.391 e. The van der Waals surface area contributed by atoms with Gasteiger partial charge >= 0.3 is 0 Å². The summed E-state index contributed by atoms with van der Waals surface area (Å²) in [6, 6.07) is 16.7. The van der Waals surface area contributed by atoms with Crippen molar-refractivity contribution in [3.63, 3.8) is 0 Å². The van der Waals surface area contributed by atoms with E-state index in [1.54, 1.807) is 0 Å². The smallest absolute Gasteiger partial charge is 0.0748 e. The van der Waals surface area contributed by atoms with Gasteiger partial charge in [0.15, 0.2) is 0 Å². The van der Waals surface area contributed by atoms with Crippen LogP contribution in [0.15, 0.2) is 60.9 Å². The van der Waals surface area contributed by atoms with Crippen molar-refractivity contribution in [3.8, 4) is 0 Å². The van der Waals surface area contributed by atoms with Crippen molar-refractivity contribution in [2.45, 2.75) is 18.6 Å². The Morgan fingerprint density at radius 3 is 2.40 bits per heavy atom. The molecule has 0 spiro atoms. The lowest BCUT2D eigenvalue weighted by Gasteiger charge is -2.15. The van der Waals surface area contributed by atoms with Gasteiger partial charge in [-0.1, -0.05) is 36.4 Å². The number of β-amino-alcohol motifs (C(OH)–C–C–N with tert-alkyl or cyclic N) is 1. The molecule has 1 saturated heterocycles. The second kappa shape index (κ2) is 5.76. The molecule has 4 aromatic rings. The van der Waals surface area contributed by atoms with Gasteiger partial charge in [-0.2, -0.15) is 0 Å². The number of aliphatic hydroxyl groups excluding tert-OH is 1. The summed E-state index contributed by atoms with van der Waals surface area (Å²) in [6.07, 6.45) is 3.83. The number of hydrogen-bond acceptors (Lipinski definition) is 2. The van der Waals surface area contributed by atoms with Gasteiger partial charge in [0.05, 0.1) is 6.10 Å². The monoisotopic (exact) mass is 331 g/mol. The van der Waals surface area contributed by atoms with Gasteiger partial charge in [-0.15, -0.1) is 0 Å². The number of para-hydroxylation sites is 2. The van der Waals surface area contributed by atoms with Crippen LogP contribution in [-0.4, -0.2) is 39.2 Å². The summed E-state index contributed by atoms with van der Waals surface area (Å²) >= 11 is 0. The van der Waals surface area contributed by atoms with E-state index in [0.717, 1.165) is 18.6 Å². The summed E-state index contributed by atoms with van der Waals surface area (Å²) in [5, 5.41) is 13.2. The Balaban J connectivity index is 1.41. The minimum atomic E-state index is -0.329. The van der Waals surface area contributed by atoms with Crippen LogP contribution in [0.1, 0.15) is 17.0 Å². The van der Waals surface area contributed by atoms with Crippen LogP contribution in [0.5, 0.6) is 0 Å². The van der Waals surface area contributed by atoms with E-state index in [1.807, 2.05) is 6.07 Å². The molecule has 0 radical (unpaired) electrons.